The lowest BCUT2D eigenvalue weighted by Gasteiger charge is -2.22. The molecule has 4 unspecified atom stereocenters. The first-order valence-corrected chi connectivity index (χ1v) is 11.7. The van der Waals surface area contributed by atoms with Gasteiger partial charge in [-0.15, -0.1) is 0 Å². The number of nitrogens with one attached hydrogen (secondary N) is 1. The van der Waals surface area contributed by atoms with E-state index in [-0.39, 0.29) is 35.5 Å². The number of anilines is 1. The molecule has 0 aliphatic heterocycles. The predicted octanol–water partition coefficient (Wildman–Crippen LogP) is 6.23. The molecule has 1 aliphatic rings. The average Bonchev–Trinajstić information content (AvgIpc) is 3.39. The van der Waals surface area contributed by atoms with Crippen molar-refractivity contribution in [3.8, 4) is 5.75 Å². The summed E-state index contributed by atoms with van der Waals surface area (Å²) >= 11 is 0. The SMILES string of the molecule is CC.CC1CC(Oc2ccnc3ccc(F)cc23)CC1C(C)C(=O)Nc1ccn(CC(F)(F)F)n1. The van der Waals surface area contributed by atoms with E-state index in [0.717, 1.165) is 11.1 Å². The van der Waals surface area contributed by atoms with E-state index in [4.69, 9.17) is 4.74 Å². The fraction of sp³-hybridized carbons (Fsp3) is 0.480. The number of alkyl halides is 3. The Kier molecular flexibility index (Phi) is 8.34. The lowest BCUT2D eigenvalue weighted by Crippen LogP contribution is -2.29. The maximum Gasteiger partial charge on any atom is 0.408 e. The zero-order valence-corrected chi connectivity index (χ0v) is 20.1. The number of ether oxygens (including phenoxy) is 1. The summed E-state index contributed by atoms with van der Waals surface area (Å²) in [5.41, 5.74) is 0.634. The minimum Gasteiger partial charge on any atom is -0.490 e. The quantitative estimate of drug-likeness (QED) is 0.413. The number of hydrogen-bond donors (Lipinski definition) is 1. The van der Waals surface area contributed by atoms with Gasteiger partial charge in [0.05, 0.1) is 11.6 Å². The molecular formula is C25H30F4N4O2. The molecule has 190 valence electrons. The molecule has 1 N–H and O–H groups in total. The first-order valence-electron chi connectivity index (χ1n) is 11.7. The highest BCUT2D eigenvalue weighted by Gasteiger charge is 2.39. The zero-order valence-electron chi connectivity index (χ0n) is 20.1. The molecule has 1 aliphatic carbocycles. The van der Waals surface area contributed by atoms with Gasteiger partial charge in [-0.1, -0.05) is 27.7 Å². The Bertz CT molecular complexity index is 1150. The maximum absolute atomic E-state index is 13.7. The van der Waals surface area contributed by atoms with Crippen LogP contribution in [0.4, 0.5) is 23.4 Å². The molecule has 3 aromatic rings. The van der Waals surface area contributed by atoms with Gasteiger partial charge >= 0.3 is 6.18 Å². The Morgan fingerprint density at radius 1 is 1.23 bits per heavy atom. The van der Waals surface area contributed by atoms with Crippen LogP contribution in [0.5, 0.6) is 5.75 Å². The summed E-state index contributed by atoms with van der Waals surface area (Å²) in [5.74, 6) is -0.250. The molecule has 4 atom stereocenters. The average molecular weight is 495 g/mol. The number of fused-ring (bicyclic) bond motifs is 1. The topological polar surface area (TPSA) is 69.0 Å². The van der Waals surface area contributed by atoms with Crippen molar-refractivity contribution in [1.82, 2.24) is 14.8 Å². The van der Waals surface area contributed by atoms with Gasteiger partial charge in [-0.25, -0.2) is 4.39 Å². The molecule has 1 aromatic carbocycles. The molecular weight excluding hydrogens is 464 g/mol. The van der Waals surface area contributed by atoms with E-state index in [9.17, 15) is 22.4 Å². The van der Waals surface area contributed by atoms with E-state index in [1.165, 1.54) is 24.4 Å². The normalized spacial score (nSPS) is 20.7. The number of carbonyl (C=O) groups is 1. The predicted molar refractivity (Wildman–Crippen MR) is 125 cm³/mol. The van der Waals surface area contributed by atoms with Crippen molar-refractivity contribution < 1.29 is 27.1 Å². The van der Waals surface area contributed by atoms with Crippen LogP contribution in [0.2, 0.25) is 0 Å². The summed E-state index contributed by atoms with van der Waals surface area (Å²) in [6, 6.07) is 7.38. The van der Waals surface area contributed by atoms with E-state index >= 15 is 0 Å². The summed E-state index contributed by atoms with van der Waals surface area (Å²) in [6.07, 6.45) is -0.406. The van der Waals surface area contributed by atoms with Gasteiger partial charge < -0.3 is 10.1 Å². The van der Waals surface area contributed by atoms with E-state index in [1.807, 2.05) is 20.8 Å². The van der Waals surface area contributed by atoms with Crippen LogP contribution in [0, 0.1) is 23.6 Å². The van der Waals surface area contributed by atoms with Gasteiger partial charge in [0.15, 0.2) is 5.82 Å². The number of carbonyl (C=O) groups excluding carboxylic acids is 1. The number of pyridine rings is 1. The van der Waals surface area contributed by atoms with Crippen molar-refractivity contribution in [3.05, 3.63) is 48.5 Å². The van der Waals surface area contributed by atoms with Crippen molar-refractivity contribution in [1.29, 1.82) is 0 Å². The second-order valence-corrected chi connectivity index (χ2v) is 8.61. The summed E-state index contributed by atoms with van der Waals surface area (Å²) in [7, 11) is 0. The molecule has 2 aromatic heterocycles. The van der Waals surface area contributed by atoms with Crippen LogP contribution in [0.3, 0.4) is 0 Å². The Morgan fingerprint density at radius 3 is 2.69 bits per heavy atom. The van der Waals surface area contributed by atoms with Crippen LogP contribution in [0.1, 0.15) is 40.5 Å². The number of halogens is 4. The molecule has 0 saturated heterocycles. The monoisotopic (exact) mass is 494 g/mol. The van der Waals surface area contributed by atoms with Crippen molar-refractivity contribution in [2.75, 3.05) is 5.32 Å². The molecule has 2 heterocycles. The lowest BCUT2D eigenvalue weighted by atomic mass is 9.85. The largest absolute Gasteiger partial charge is 0.490 e. The number of benzene rings is 1. The first-order chi connectivity index (χ1) is 16.6. The Balaban J connectivity index is 0.00000167. The highest BCUT2D eigenvalue weighted by molar-refractivity contribution is 5.91. The summed E-state index contributed by atoms with van der Waals surface area (Å²) in [4.78, 5) is 17.0. The van der Waals surface area contributed by atoms with E-state index in [0.29, 0.717) is 23.1 Å². The van der Waals surface area contributed by atoms with Crippen molar-refractivity contribution >= 4 is 22.6 Å². The highest BCUT2D eigenvalue weighted by Crippen LogP contribution is 2.40. The van der Waals surface area contributed by atoms with Crippen LogP contribution >= 0.6 is 0 Å². The third-order valence-electron chi connectivity index (χ3n) is 6.15. The third kappa shape index (κ3) is 6.70. The molecule has 35 heavy (non-hydrogen) atoms. The molecule has 6 nitrogen and oxygen atoms in total. The number of rotatable bonds is 6. The Labute approximate surface area is 201 Å². The Morgan fingerprint density at radius 2 is 1.97 bits per heavy atom. The smallest absolute Gasteiger partial charge is 0.408 e. The van der Waals surface area contributed by atoms with Gasteiger partial charge in [-0.3, -0.25) is 14.5 Å². The molecule has 0 spiro atoms. The first kappa shape index (κ1) is 26.4. The fourth-order valence-corrected chi connectivity index (χ4v) is 4.52. The van der Waals surface area contributed by atoms with Gasteiger partial charge in [-0.2, -0.15) is 18.3 Å². The number of hydrogen-bond acceptors (Lipinski definition) is 4. The summed E-state index contributed by atoms with van der Waals surface area (Å²) < 4.78 is 58.2. The second-order valence-electron chi connectivity index (χ2n) is 8.61. The summed E-state index contributed by atoms with van der Waals surface area (Å²) in [5, 5.41) is 6.98. The number of nitrogens with zero attached hydrogens (tertiary/aromatic N) is 3. The van der Waals surface area contributed by atoms with Gasteiger partial charge in [0.2, 0.25) is 5.91 Å². The van der Waals surface area contributed by atoms with Crippen molar-refractivity contribution in [2.24, 2.45) is 17.8 Å². The van der Waals surface area contributed by atoms with Crippen LogP contribution in [-0.4, -0.2) is 33.0 Å². The van der Waals surface area contributed by atoms with Gasteiger partial charge in [-0.05, 0) is 48.9 Å². The molecule has 0 radical (unpaired) electrons. The molecule has 10 heteroatoms. The number of amides is 1. The molecule has 1 saturated carbocycles. The molecule has 4 rings (SSSR count). The van der Waals surface area contributed by atoms with E-state index < -0.39 is 18.6 Å². The van der Waals surface area contributed by atoms with Gasteiger partial charge in [0.25, 0.3) is 0 Å². The molecule has 1 amide bonds. The second kappa shape index (κ2) is 11.0. The Hall–Kier alpha value is -3.17. The van der Waals surface area contributed by atoms with Crippen molar-refractivity contribution in [3.63, 3.8) is 0 Å². The summed E-state index contributed by atoms with van der Waals surface area (Å²) in [6.45, 7) is 6.62. The standard InChI is InChI=1S/C23H24F4N4O2.C2H6/c1-13-9-16(33-20-5-7-28-19-4-3-15(24)10-18(19)20)11-17(13)14(2)22(32)29-21-6-8-31(30-21)12-23(25,26)27;1-2/h3-8,10,13-14,16-17H,9,11-12H2,1-2H3,(H,29,30,32);1-2H3. The molecule has 0 bridgehead atoms. The third-order valence-corrected chi connectivity index (χ3v) is 6.15. The van der Waals surface area contributed by atoms with Crippen molar-refractivity contribution in [2.45, 2.75) is 59.4 Å². The minimum absolute atomic E-state index is 0.0112. The zero-order chi connectivity index (χ0) is 25.8. The van der Waals surface area contributed by atoms with Crippen LogP contribution < -0.4 is 10.1 Å². The maximum atomic E-state index is 13.7. The number of aromatic nitrogens is 3. The fourth-order valence-electron chi connectivity index (χ4n) is 4.52. The highest BCUT2D eigenvalue weighted by atomic mass is 19.4. The van der Waals surface area contributed by atoms with Crippen LogP contribution in [-0.2, 0) is 11.3 Å². The van der Waals surface area contributed by atoms with Crippen LogP contribution in [0.15, 0.2) is 42.7 Å². The van der Waals surface area contributed by atoms with Crippen LogP contribution in [0.25, 0.3) is 10.9 Å². The molecule has 1 fully saturated rings. The lowest BCUT2D eigenvalue weighted by molar-refractivity contribution is -0.142. The van der Waals surface area contributed by atoms with E-state index in [2.05, 4.69) is 15.4 Å². The minimum atomic E-state index is -4.39. The van der Waals surface area contributed by atoms with Gasteiger partial charge in [0.1, 0.15) is 18.1 Å². The van der Waals surface area contributed by atoms with Gasteiger partial charge in [0, 0.05) is 29.8 Å². The van der Waals surface area contributed by atoms with E-state index in [1.54, 1.807) is 25.3 Å².